The number of carbonyl (C=O) groups is 1. The second-order valence-corrected chi connectivity index (χ2v) is 4.11. The summed E-state index contributed by atoms with van der Waals surface area (Å²) >= 11 is 0. The average molecular weight is 247 g/mol. The van der Waals surface area contributed by atoms with E-state index in [0.29, 0.717) is 17.1 Å². The van der Waals surface area contributed by atoms with Crippen LogP contribution < -0.4 is 5.56 Å². The fourth-order valence-corrected chi connectivity index (χ4v) is 1.78. The van der Waals surface area contributed by atoms with Crippen molar-refractivity contribution in [2.45, 2.75) is 20.4 Å². The lowest BCUT2D eigenvalue weighted by molar-refractivity contribution is 0.0695. The molecule has 0 unspecified atom stereocenters. The number of furan rings is 1. The van der Waals surface area contributed by atoms with Gasteiger partial charge < -0.3 is 14.1 Å². The molecule has 2 aromatic heterocycles. The zero-order valence-corrected chi connectivity index (χ0v) is 10.1. The van der Waals surface area contributed by atoms with Crippen molar-refractivity contribution in [2.75, 3.05) is 0 Å². The van der Waals surface area contributed by atoms with Gasteiger partial charge in [-0.05, 0) is 26.0 Å². The van der Waals surface area contributed by atoms with Crippen LogP contribution in [0.15, 0.2) is 33.6 Å². The highest BCUT2D eigenvalue weighted by Gasteiger charge is 2.14. The molecule has 5 heteroatoms. The predicted octanol–water partition coefficient (Wildman–Crippen LogP) is 1.80. The molecule has 0 aromatic carbocycles. The maximum atomic E-state index is 11.8. The maximum absolute atomic E-state index is 11.8. The number of aromatic carboxylic acids is 1. The van der Waals surface area contributed by atoms with E-state index in [9.17, 15) is 9.59 Å². The highest BCUT2D eigenvalue weighted by Crippen LogP contribution is 2.15. The van der Waals surface area contributed by atoms with E-state index < -0.39 is 5.97 Å². The Labute approximate surface area is 103 Å². The van der Waals surface area contributed by atoms with Gasteiger partial charge in [0.15, 0.2) is 0 Å². The highest BCUT2D eigenvalue weighted by atomic mass is 16.4. The van der Waals surface area contributed by atoms with Gasteiger partial charge in [0.05, 0.1) is 6.54 Å². The van der Waals surface area contributed by atoms with E-state index in [2.05, 4.69) is 0 Å². The van der Waals surface area contributed by atoms with E-state index in [1.54, 1.807) is 32.2 Å². The second kappa shape index (κ2) is 4.52. The van der Waals surface area contributed by atoms with Crippen LogP contribution in [0.1, 0.15) is 27.4 Å². The number of aryl methyl sites for hydroxylation is 2. The molecule has 2 rings (SSSR count). The van der Waals surface area contributed by atoms with Crippen LogP contribution in [0.4, 0.5) is 0 Å². The third-order valence-electron chi connectivity index (χ3n) is 2.74. The third-order valence-corrected chi connectivity index (χ3v) is 2.74. The SMILES string of the molecule is Cc1oc(Cn2cccc(C)c2=O)cc1C(=O)O. The molecule has 0 fully saturated rings. The Hall–Kier alpha value is -2.30. The van der Waals surface area contributed by atoms with Crippen LogP contribution in [0.25, 0.3) is 0 Å². The van der Waals surface area contributed by atoms with Gasteiger partial charge in [-0.1, -0.05) is 6.07 Å². The number of carboxylic acid groups (broad SMARTS) is 1. The van der Waals surface area contributed by atoms with Gasteiger partial charge in [-0.2, -0.15) is 0 Å². The van der Waals surface area contributed by atoms with Crippen molar-refractivity contribution in [2.24, 2.45) is 0 Å². The summed E-state index contributed by atoms with van der Waals surface area (Å²) in [6.45, 7) is 3.55. The Morgan fingerprint density at radius 2 is 2.17 bits per heavy atom. The number of nitrogens with zero attached hydrogens (tertiary/aromatic N) is 1. The van der Waals surface area contributed by atoms with E-state index in [-0.39, 0.29) is 17.7 Å². The van der Waals surface area contributed by atoms with Gasteiger partial charge in [-0.3, -0.25) is 4.79 Å². The lowest BCUT2D eigenvalue weighted by Gasteiger charge is -2.03. The Morgan fingerprint density at radius 1 is 1.44 bits per heavy atom. The first-order valence-corrected chi connectivity index (χ1v) is 5.47. The number of pyridine rings is 1. The predicted molar refractivity (Wildman–Crippen MR) is 64.9 cm³/mol. The smallest absolute Gasteiger partial charge is 0.339 e. The minimum Gasteiger partial charge on any atom is -0.478 e. The standard InChI is InChI=1S/C13H13NO4/c1-8-4-3-5-14(12(8)15)7-10-6-11(13(16)17)9(2)18-10/h3-6H,7H2,1-2H3,(H,16,17). The minimum absolute atomic E-state index is 0.108. The Balaban J connectivity index is 2.35. The summed E-state index contributed by atoms with van der Waals surface area (Å²) in [6.07, 6.45) is 1.65. The Kier molecular flexibility index (Phi) is 3.06. The lowest BCUT2D eigenvalue weighted by atomic mass is 10.2. The molecular weight excluding hydrogens is 234 g/mol. The van der Waals surface area contributed by atoms with E-state index in [1.165, 1.54) is 10.6 Å². The summed E-state index contributed by atoms with van der Waals surface area (Å²) in [6, 6.07) is 4.95. The molecule has 0 spiro atoms. The zero-order chi connectivity index (χ0) is 13.3. The van der Waals surface area contributed by atoms with Crippen LogP contribution >= 0.6 is 0 Å². The molecule has 94 valence electrons. The van der Waals surface area contributed by atoms with Crippen LogP contribution in [-0.2, 0) is 6.54 Å². The number of hydrogen-bond donors (Lipinski definition) is 1. The van der Waals surface area contributed by atoms with Gasteiger partial charge in [-0.25, -0.2) is 4.79 Å². The van der Waals surface area contributed by atoms with E-state index >= 15 is 0 Å². The van der Waals surface area contributed by atoms with Crippen molar-refractivity contribution in [3.63, 3.8) is 0 Å². The van der Waals surface area contributed by atoms with E-state index in [0.717, 1.165) is 0 Å². The molecule has 18 heavy (non-hydrogen) atoms. The number of rotatable bonds is 3. The van der Waals surface area contributed by atoms with Gasteiger partial charge in [0.1, 0.15) is 17.1 Å². The number of aromatic nitrogens is 1. The topological polar surface area (TPSA) is 72.4 Å². The van der Waals surface area contributed by atoms with Crippen LogP contribution in [-0.4, -0.2) is 15.6 Å². The molecule has 2 heterocycles. The summed E-state index contributed by atoms with van der Waals surface area (Å²) < 4.78 is 6.82. The van der Waals surface area contributed by atoms with Crippen LogP contribution in [0.3, 0.4) is 0 Å². The van der Waals surface area contributed by atoms with Crippen molar-refractivity contribution in [3.05, 3.63) is 57.4 Å². The van der Waals surface area contributed by atoms with Crippen molar-refractivity contribution in [1.29, 1.82) is 0 Å². The van der Waals surface area contributed by atoms with Crippen molar-refractivity contribution < 1.29 is 14.3 Å². The van der Waals surface area contributed by atoms with Gasteiger partial charge >= 0.3 is 5.97 Å². The Morgan fingerprint density at radius 3 is 2.78 bits per heavy atom. The van der Waals surface area contributed by atoms with Crippen molar-refractivity contribution in [3.8, 4) is 0 Å². The summed E-state index contributed by atoms with van der Waals surface area (Å²) in [4.78, 5) is 22.7. The molecule has 2 aromatic rings. The molecule has 0 bridgehead atoms. The quantitative estimate of drug-likeness (QED) is 0.897. The molecule has 0 aliphatic heterocycles. The largest absolute Gasteiger partial charge is 0.478 e. The molecule has 0 radical (unpaired) electrons. The first-order chi connectivity index (χ1) is 8.49. The molecular formula is C13H13NO4. The molecule has 0 atom stereocenters. The number of carboxylic acids is 1. The molecule has 1 N–H and O–H groups in total. The summed E-state index contributed by atoms with van der Waals surface area (Å²) in [5.41, 5.74) is 0.661. The molecule has 0 saturated heterocycles. The second-order valence-electron chi connectivity index (χ2n) is 4.11. The van der Waals surface area contributed by atoms with E-state index in [4.69, 9.17) is 9.52 Å². The van der Waals surface area contributed by atoms with Gasteiger partial charge in [-0.15, -0.1) is 0 Å². The number of hydrogen-bond acceptors (Lipinski definition) is 3. The fourth-order valence-electron chi connectivity index (χ4n) is 1.78. The van der Waals surface area contributed by atoms with Gasteiger partial charge in [0, 0.05) is 11.8 Å². The highest BCUT2D eigenvalue weighted by molar-refractivity contribution is 5.88. The molecule has 0 aliphatic carbocycles. The van der Waals surface area contributed by atoms with Crippen LogP contribution in [0, 0.1) is 13.8 Å². The third kappa shape index (κ3) is 2.20. The summed E-state index contributed by atoms with van der Waals surface area (Å²) in [7, 11) is 0. The van der Waals surface area contributed by atoms with Crippen LogP contribution in [0.5, 0.6) is 0 Å². The molecule has 0 saturated carbocycles. The maximum Gasteiger partial charge on any atom is 0.339 e. The fraction of sp³-hybridized carbons (Fsp3) is 0.231. The molecule has 5 nitrogen and oxygen atoms in total. The Bertz CT molecular complexity index is 651. The first kappa shape index (κ1) is 12.2. The molecule has 0 aliphatic rings. The van der Waals surface area contributed by atoms with Crippen LogP contribution in [0.2, 0.25) is 0 Å². The average Bonchev–Trinajstić information content (AvgIpc) is 2.66. The lowest BCUT2D eigenvalue weighted by Crippen LogP contribution is -2.21. The van der Waals surface area contributed by atoms with Gasteiger partial charge in [0.2, 0.25) is 0 Å². The normalized spacial score (nSPS) is 10.6. The van der Waals surface area contributed by atoms with E-state index in [1.807, 2.05) is 0 Å². The van der Waals surface area contributed by atoms with Crippen molar-refractivity contribution >= 4 is 5.97 Å². The zero-order valence-electron chi connectivity index (χ0n) is 10.1. The van der Waals surface area contributed by atoms with Crippen molar-refractivity contribution in [1.82, 2.24) is 4.57 Å². The summed E-state index contributed by atoms with van der Waals surface area (Å²) in [5, 5.41) is 8.92. The summed E-state index contributed by atoms with van der Waals surface area (Å²) in [5.74, 6) is -0.227. The first-order valence-electron chi connectivity index (χ1n) is 5.47. The van der Waals surface area contributed by atoms with Gasteiger partial charge in [0.25, 0.3) is 5.56 Å². The molecule has 0 amide bonds. The monoisotopic (exact) mass is 247 g/mol. The minimum atomic E-state index is -1.03.